The summed E-state index contributed by atoms with van der Waals surface area (Å²) in [5.74, 6) is 0. The third-order valence-corrected chi connectivity index (χ3v) is 2.12. The highest BCUT2D eigenvalue weighted by Crippen LogP contribution is 2.15. The molecule has 0 spiro atoms. The maximum Gasteiger partial charge on any atom is 0.0995 e. The van der Waals surface area contributed by atoms with Crippen LogP contribution >= 0.6 is 11.6 Å². The minimum Gasteiger partial charge on any atom is -0.310 e. The molecule has 0 saturated heterocycles. The van der Waals surface area contributed by atoms with Crippen molar-refractivity contribution >= 4 is 11.6 Å². The second-order valence-electron chi connectivity index (χ2n) is 3.45. The first-order valence-corrected chi connectivity index (χ1v) is 4.93. The van der Waals surface area contributed by atoms with E-state index in [0.29, 0.717) is 23.2 Å². The van der Waals surface area contributed by atoms with E-state index >= 15 is 0 Å². The standard InChI is InChI=1S/C11H13ClN2/c1-8(2)14-7-10-5-11(12)4-3-9(10)6-13/h3-5,8,14H,7H2,1-2H3. The fraction of sp³-hybridized carbons (Fsp3) is 0.364. The molecule has 0 radical (unpaired) electrons. The molecular formula is C11H13ClN2. The number of rotatable bonds is 3. The number of nitrogens with zero attached hydrogens (tertiary/aromatic N) is 1. The highest BCUT2D eigenvalue weighted by Gasteiger charge is 2.03. The van der Waals surface area contributed by atoms with Crippen molar-refractivity contribution in [3.05, 3.63) is 34.3 Å². The van der Waals surface area contributed by atoms with E-state index in [1.807, 2.05) is 6.07 Å². The summed E-state index contributed by atoms with van der Waals surface area (Å²) in [5, 5.41) is 12.8. The zero-order valence-corrected chi connectivity index (χ0v) is 9.10. The van der Waals surface area contributed by atoms with Crippen LogP contribution in [0.15, 0.2) is 18.2 Å². The molecule has 0 atom stereocenters. The average Bonchev–Trinajstić information content (AvgIpc) is 2.15. The lowest BCUT2D eigenvalue weighted by molar-refractivity contribution is 0.588. The predicted molar refractivity (Wildman–Crippen MR) is 58.1 cm³/mol. The van der Waals surface area contributed by atoms with Crippen LogP contribution in [0.1, 0.15) is 25.0 Å². The summed E-state index contributed by atoms with van der Waals surface area (Å²) < 4.78 is 0. The fourth-order valence-electron chi connectivity index (χ4n) is 1.13. The zero-order valence-electron chi connectivity index (χ0n) is 8.34. The van der Waals surface area contributed by atoms with Crippen LogP contribution in [0.25, 0.3) is 0 Å². The van der Waals surface area contributed by atoms with Crippen LogP contribution in [0.2, 0.25) is 5.02 Å². The summed E-state index contributed by atoms with van der Waals surface area (Å²) in [6.07, 6.45) is 0. The summed E-state index contributed by atoms with van der Waals surface area (Å²) in [5.41, 5.74) is 1.64. The van der Waals surface area contributed by atoms with Gasteiger partial charge in [0, 0.05) is 17.6 Å². The first kappa shape index (κ1) is 11.0. The van der Waals surface area contributed by atoms with Crippen molar-refractivity contribution in [2.45, 2.75) is 26.4 Å². The van der Waals surface area contributed by atoms with E-state index in [-0.39, 0.29) is 0 Å². The highest BCUT2D eigenvalue weighted by atomic mass is 35.5. The molecule has 74 valence electrons. The van der Waals surface area contributed by atoms with E-state index in [2.05, 4.69) is 25.2 Å². The lowest BCUT2D eigenvalue weighted by Crippen LogP contribution is -2.22. The maximum absolute atomic E-state index is 8.85. The van der Waals surface area contributed by atoms with Gasteiger partial charge in [-0.3, -0.25) is 0 Å². The Balaban J connectivity index is 2.84. The van der Waals surface area contributed by atoms with Gasteiger partial charge in [-0.15, -0.1) is 0 Å². The number of nitriles is 1. The molecule has 0 saturated carbocycles. The molecule has 0 aromatic heterocycles. The monoisotopic (exact) mass is 208 g/mol. The smallest absolute Gasteiger partial charge is 0.0995 e. The lowest BCUT2D eigenvalue weighted by Gasteiger charge is -2.09. The molecule has 0 unspecified atom stereocenters. The number of nitrogens with one attached hydrogen (secondary N) is 1. The molecule has 1 aromatic rings. The van der Waals surface area contributed by atoms with Crippen LogP contribution in [0, 0.1) is 11.3 Å². The van der Waals surface area contributed by atoms with Crippen LogP contribution in [-0.4, -0.2) is 6.04 Å². The topological polar surface area (TPSA) is 35.8 Å². The number of hydrogen-bond donors (Lipinski definition) is 1. The first-order chi connectivity index (χ1) is 6.63. The zero-order chi connectivity index (χ0) is 10.6. The van der Waals surface area contributed by atoms with Crippen LogP contribution in [0.4, 0.5) is 0 Å². The number of benzene rings is 1. The lowest BCUT2D eigenvalue weighted by atomic mass is 10.1. The second-order valence-corrected chi connectivity index (χ2v) is 3.89. The van der Waals surface area contributed by atoms with Crippen molar-refractivity contribution in [2.24, 2.45) is 0 Å². The van der Waals surface area contributed by atoms with Crippen molar-refractivity contribution in [1.82, 2.24) is 5.32 Å². The highest BCUT2D eigenvalue weighted by molar-refractivity contribution is 6.30. The molecule has 0 heterocycles. The van der Waals surface area contributed by atoms with E-state index in [1.54, 1.807) is 12.1 Å². The molecule has 14 heavy (non-hydrogen) atoms. The van der Waals surface area contributed by atoms with Crippen LogP contribution < -0.4 is 5.32 Å². The predicted octanol–water partition coefficient (Wildman–Crippen LogP) is 2.71. The van der Waals surface area contributed by atoms with Gasteiger partial charge in [-0.2, -0.15) is 5.26 Å². The minimum absolute atomic E-state index is 0.403. The van der Waals surface area contributed by atoms with E-state index in [0.717, 1.165) is 5.56 Å². The largest absolute Gasteiger partial charge is 0.310 e. The molecule has 0 bridgehead atoms. The van der Waals surface area contributed by atoms with E-state index in [9.17, 15) is 0 Å². The van der Waals surface area contributed by atoms with E-state index < -0.39 is 0 Å². The Morgan fingerprint density at radius 1 is 1.50 bits per heavy atom. The van der Waals surface area contributed by atoms with Crippen LogP contribution in [0.3, 0.4) is 0 Å². The minimum atomic E-state index is 0.403. The van der Waals surface area contributed by atoms with E-state index in [4.69, 9.17) is 16.9 Å². The van der Waals surface area contributed by atoms with Gasteiger partial charge in [0.2, 0.25) is 0 Å². The first-order valence-electron chi connectivity index (χ1n) is 4.55. The Kier molecular flexibility index (Phi) is 3.94. The van der Waals surface area contributed by atoms with Crippen molar-refractivity contribution in [3.63, 3.8) is 0 Å². The Morgan fingerprint density at radius 2 is 2.21 bits per heavy atom. The Morgan fingerprint density at radius 3 is 2.79 bits per heavy atom. The average molecular weight is 209 g/mol. The third kappa shape index (κ3) is 3.02. The fourth-order valence-corrected chi connectivity index (χ4v) is 1.33. The molecule has 1 rings (SSSR count). The van der Waals surface area contributed by atoms with Gasteiger partial charge >= 0.3 is 0 Å². The number of halogens is 1. The summed E-state index contributed by atoms with van der Waals surface area (Å²) >= 11 is 5.85. The van der Waals surface area contributed by atoms with Gasteiger partial charge in [0.05, 0.1) is 11.6 Å². The van der Waals surface area contributed by atoms with Gasteiger partial charge in [0.15, 0.2) is 0 Å². The van der Waals surface area contributed by atoms with Gasteiger partial charge in [0.25, 0.3) is 0 Å². The molecule has 0 aliphatic carbocycles. The quantitative estimate of drug-likeness (QED) is 0.829. The normalized spacial score (nSPS) is 10.2. The molecule has 1 N–H and O–H groups in total. The number of hydrogen-bond acceptors (Lipinski definition) is 2. The summed E-state index contributed by atoms with van der Waals surface area (Å²) in [7, 11) is 0. The van der Waals surface area contributed by atoms with Gasteiger partial charge in [-0.05, 0) is 23.8 Å². The van der Waals surface area contributed by atoms with E-state index in [1.165, 1.54) is 0 Å². The van der Waals surface area contributed by atoms with Gasteiger partial charge in [0.1, 0.15) is 0 Å². The SMILES string of the molecule is CC(C)NCc1cc(Cl)ccc1C#N. The molecule has 0 aliphatic heterocycles. The second kappa shape index (κ2) is 4.99. The molecule has 0 aliphatic rings. The Labute approximate surface area is 89.5 Å². The van der Waals surface area contributed by atoms with Gasteiger partial charge < -0.3 is 5.32 Å². The molecule has 0 fully saturated rings. The molecular weight excluding hydrogens is 196 g/mol. The molecule has 0 amide bonds. The van der Waals surface area contributed by atoms with Crippen molar-refractivity contribution in [1.29, 1.82) is 5.26 Å². The molecule has 3 heteroatoms. The van der Waals surface area contributed by atoms with Crippen molar-refractivity contribution in [3.8, 4) is 6.07 Å². The van der Waals surface area contributed by atoms with Crippen LogP contribution in [-0.2, 0) is 6.54 Å². The molecule has 2 nitrogen and oxygen atoms in total. The Bertz CT molecular complexity index is 353. The van der Waals surface area contributed by atoms with Crippen molar-refractivity contribution in [2.75, 3.05) is 0 Å². The van der Waals surface area contributed by atoms with Gasteiger partial charge in [-0.25, -0.2) is 0 Å². The molecule has 1 aromatic carbocycles. The summed E-state index contributed by atoms with van der Waals surface area (Å²) in [6, 6.07) is 7.86. The van der Waals surface area contributed by atoms with Crippen molar-refractivity contribution < 1.29 is 0 Å². The maximum atomic E-state index is 8.85. The Hall–Kier alpha value is -1.04. The summed E-state index contributed by atoms with van der Waals surface area (Å²) in [6.45, 7) is 4.81. The summed E-state index contributed by atoms with van der Waals surface area (Å²) in [4.78, 5) is 0. The van der Waals surface area contributed by atoms with Gasteiger partial charge in [-0.1, -0.05) is 25.4 Å². The van der Waals surface area contributed by atoms with Crippen LogP contribution in [0.5, 0.6) is 0 Å². The third-order valence-electron chi connectivity index (χ3n) is 1.89.